The number of carbonyl (C=O) groups excluding carboxylic acids is 1. The smallest absolute Gasteiger partial charge is 0.412 e. The van der Waals surface area contributed by atoms with Crippen molar-refractivity contribution in [2.45, 2.75) is 32.9 Å². The lowest BCUT2D eigenvalue weighted by Gasteiger charge is -2.20. The Morgan fingerprint density at radius 1 is 1.39 bits per heavy atom. The fourth-order valence-corrected chi connectivity index (χ4v) is 1.40. The van der Waals surface area contributed by atoms with Gasteiger partial charge < -0.3 is 15.2 Å². The summed E-state index contributed by atoms with van der Waals surface area (Å²) in [5, 5.41) is 2.67. The van der Waals surface area contributed by atoms with Crippen molar-refractivity contribution in [2.75, 3.05) is 12.4 Å². The average Bonchev–Trinajstić information content (AvgIpc) is 2.27. The van der Waals surface area contributed by atoms with E-state index in [1.807, 2.05) is 20.8 Å². The van der Waals surface area contributed by atoms with E-state index in [1.165, 1.54) is 0 Å². The van der Waals surface area contributed by atoms with E-state index in [1.54, 1.807) is 25.3 Å². The lowest BCUT2D eigenvalue weighted by molar-refractivity contribution is 0.0636. The normalized spacial score (nSPS) is 10.9. The number of ether oxygens (including phenoxy) is 2. The fourth-order valence-electron chi connectivity index (χ4n) is 1.40. The monoisotopic (exact) mass is 252 g/mol. The number of anilines is 1. The molecular formula is C13H20N2O3. The first kappa shape index (κ1) is 14.3. The minimum atomic E-state index is -0.528. The summed E-state index contributed by atoms with van der Waals surface area (Å²) in [5.41, 5.74) is 6.53. The topological polar surface area (TPSA) is 73.6 Å². The van der Waals surface area contributed by atoms with Gasteiger partial charge in [0.15, 0.2) is 0 Å². The Kier molecular flexibility index (Phi) is 4.55. The first-order chi connectivity index (χ1) is 8.35. The fraction of sp³-hybridized carbons (Fsp3) is 0.462. The molecule has 1 rings (SSSR count). The highest BCUT2D eigenvalue weighted by Gasteiger charge is 2.17. The van der Waals surface area contributed by atoms with E-state index < -0.39 is 11.7 Å². The van der Waals surface area contributed by atoms with Crippen LogP contribution in [0.15, 0.2) is 18.2 Å². The summed E-state index contributed by atoms with van der Waals surface area (Å²) in [4.78, 5) is 11.6. The van der Waals surface area contributed by atoms with Gasteiger partial charge in [0.2, 0.25) is 0 Å². The van der Waals surface area contributed by atoms with Crippen molar-refractivity contribution in [1.82, 2.24) is 0 Å². The molecule has 0 aliphatic rings. The van der Waals surface area contributed by atoms with E-state index >= 15 is 0 Å². The molecule has 100 valence electrons. The first-order valence-electron chi connectivity index (χ1n) is 5.72. The predicted octanol–water partition coefficient (Wildman–Crippen LogP) is 2.50. The zero-order valence-corrected chi connectivity index (χ0v) is 11.2. The number of amides is 1. The van der Waals surface area contributed by atoms with E-state index in [0.29, 0.717) is 18.0 Å². The lowest BCUT2D eigenvalue weighted by Crippen LogP contribution is -2.27. The molecule has 0 bridgehead atoms. The highest BCUT2D eigenvalue weighted by atomic mass is 16.6. The van der Waals surface area contributed by atoms with Gasteiger partial charge in [-0.05, 0) is 44.5 Å². The largest absolute Gasteiger partial charge is 0.497 e. The SMILES string of the molecule is COc1ccc(NC(=O)OC(C)(C)C)c(CN)c1. The van der Waals surface area contributed by atoms with Crippen molar-refractivity contribution < 1.29 is 14.3 Å². The van der Waals surface area contributed by atoms with Gasteiger partial charge in [-0.1, -0.05) is 0 Å². The molecule has 0 aromatic heterocycles. The van der Waals surface area contributed by atoms with Gasteiger partial charge in [0, 0.05) is 12.2 Å². The molecule has 1 amide bonds. The molecule has 0 unspecified atom stereocenters. The van der Waals surface area contributed by atoms with Crippen molar-refractivity contribution in [3.63, 3.8) is 0 Å². The van der Waals surface area contributed by atoms with Crippen LogP contribution < -0.4 is 15.8 Å². The van der Waals surface area contributed by atoms with Gasteiger partial charge in [0.25, 0.3) is 0 Å². The van der Waals surface area contributed by atoms with Crippen molar-refractivity contribution in [3.05, 3.63) is 23.8 Å². The molecule has 0 atom stereocenters. The second-order valence-electron chi connectivity index (χ2n) is 4.85. The van der Waals surface area contributed by atoms with Crippen LogP contribution in [0.25, 0.3) is 0 Å². The zero-order chi connectivity index (χ0) is 13.8. The van der Waals surface area contributed by atoms with Gasteiger partial charge >= 0.3 is 6.09 Å². The van der Waals surface area contributed by atoms with Crippen molar-refractivity contribution in [3.8, 4) is 5.75 Å². The third-order valence-corrected chi connectivity index (χ3v) is 2.17. The number of rotatable bonds is 3. The third-order valence-electron chi connectivity index (χ3n) is 2.17. The number of benzene rings is 1. The average molecular weight is 252 g/mol. The summed E-state index contributed by atoms with van der Waals surface area (Å²) >= 11 is 0. The molecular weight excluding hydrogens is 232 g/mol. The quantitative estimate of drug-likeness (QED) is 0.866. The van der Waals surface area contributed by atoms with Gasteiger partial charge in [0.1, 0.15) is 11.4 Å². The summed E-state index contributed by atoms with van der Waals surface area (Å²) in [5.74, 6) is 0.699. The van der Waals surface area contributed by atoms with Crippen LogP contribution in [-0.2, 0) is 11.3 Å². The molecule has 0 fully saturated rings. The van der Waals surface area contributed by atoms with Crippen LogP contribution in [0, 0.1) is 0 Å². The maximum Gasteiger partial charge on any atom is 0.412 e. The standard InChI is InChI=1S/C13H20N2O3/c1-13(2,3)18-12(16)15-11-6-5-10(17-4)7-9(11)8-14/h5-7H,8,14H2,1-4H3,(H,15,16). The van der Waals surface area contributed by atoms with Crippen LogP contribution in [0.4, 0.5) is 10.5 Å². The molecule has 0 spiro atoms. The summed E-state index contributed by atoms with van der Waals surface area (Å²) in [7, 11) is 1.58. The summed E-state index contributed by atoms with van der Waals surface area (Å²) < 4.78 is 10.3. The molecule has 0 radical (unpaired) electrons. The van der Waals surface area contributed by atoms with E-state index in [9.17, 15) is 4.79 Å². The predicted molar refractivity (Wildman–Crippen MR) is 70.7 cm³/mol. The minimum Gasteiger partial charge on any atom is -0.497 e. The Labute approximate surface area is 107 Å². The molecule has 0 aliphatic heterocycles. The Hall–Kier alpha value is -1.75. The maximum absolute atomic E-state index is 11.6. The molecule has 5 nitrogen and oxygen atoms in total. The van der Waals surface area contributed by atoms with Gasteiger partial charge in [-0.2, -0.15) is 0 Å². The minimum absolute atomic E-state index is 0.308. The summed E-state index contributed by atoms with van der Waals surface area (Å²) in [6, 6.07) is 5.28. The van der Waals surface area contributed by atoms with Crippen LogP contribution in [-0.4, -0.2) is 18.8 Å². The van der Waals surface area contributed by atoms with Gasteiger partial charge in [-0.3, -0.25) is 5.32 Å². The first-order valence-corrected chi connectivity index (χ1v) is 5.72. The van der Waals surface area contributed by atoms with E-state index in [2.05, 4.69) is 5.32 Å². The van der Waals surface area contributed by atoms with Crippen molar-refractivity contribution >= 4 is 11.8 Å². The Morgan fingerprint density at radius 3 is 2.56 bits per heavy atom. The number of carbonyl (C=O) groups is 1. The van der Waals surface area contributed by atoms with E-state index in [0.717, 1.165) is 5.56 Å². The molecule has 0 saturated carbocycles. The Bertz CT molecular complexity index is 425. The van der Waals surface area contributed by atoms with Crippen molar-refractivity contribution in [2.24, 2.45) is 5.73 Å². The number of nitrogens with two attached hydrogens (primary N) is 1. The van der Waals surface area contributed by atoms with E-state index in [4.69, 9.17) is 15.2 Å². The highest BCUT2D eigenvalue weighted by molar-refractivity contribution is 5.86. The molecule has 0 aliphatic carbocycles. The number of methoxy groups -OCH3 is 1. The van der Waals surface area contributed by atoms with Crippen LogP contribution in [0.5, 0.6) is 5.75 Å². The Morgan fingerprint density at radius 2 is 2.06 bits per heavy atom. The molecule has 1 aromatic rings. The third kappa shape index (κ3) is 4.25. The summed E-state index contributed by atoms with van der Waals surface area (Å²) in [6.45, 7) is 5.74. The molecule has 3 N–H and O–H groups in total. The van der Waals surface area contributed by atoms with Crippen LogP contribution in [0.2, 0.25) is 0 Å². The van der Waals surface area contributed by atoms with Crippen LogP contribution in [0.1, 0.15) is 26.3 Å². The second kappa shape index (κ2) is 5.73. The highest BCUT2D eigenvalue weighted by Crippen LogP contribution is 2.22. The van der Waals surface area contributed by atoms with Crippen LogP contribution >= 0.6 is 0 Å². The van der Waals surface area contributed by atoms with E-state index in [-0.39, 0.29) is 0 Å². The lowest BCUT2D eigenvalue weighted by atomic mass is 10.1. The summed E-state index contributed by atoms with van der Waals surface area (Å²) in [6.07, 6.45) is -0.498. The molecule has 18 heavy (non-hydrogen) atoms. The molecule has 0 heterocycles. The number of hydrogen-bond acceptors (Lipinski definition) is 4. The molecule has 5 heteroatoms. The van der Waals surface area contributed by atoms with Crippen molar-refractivity contribution in [1.29, 1.82) is 0 Å². The number of hydrogen-bond donors (Lipinski definition) is 2. The Balaban J connectivity index is 2.81. The van der Waals surface area contributed by atoms with Crippen LogP contribution in [0.3, 0.4) is 0 Å². The zero-order valence-electron chi connectivity index (χ0n) is 11.2. The number of nitrogens with one attached hydrogen (secondary N) is 1. The second-order valence-corrected chi connectivity index (χ2v) is 4.85. The van der Waals surface area contributed by atoms with Gasteiger partial charge in [0.05, 0.1) is 7.11 Å². The van der Waals surface area contributed by atoms with Gasteiger partial charge in [-0.25, -0.2) is 4.79 Å². The maximum atomic E-state index is 11.6. The van der Waals surface area contributed by atoms with Gasteiger partial charge in [-0.15, -0.1) is 0 Å². The molecule has 1 aromatic carbocycles. The molecule has 0 saturated heterocycles.